The Morgan fingerprint density at radius 2 is 2.19 bits per heavy atom. The van der Waals surface area contributed by atoms with Crippen molar-refractivity contribution in [1.29, 1.82) is 0 Å². The van der Waals surface area contributed by atoms with Gasteiger partial charge in [-0.1, -0.05) is 17.7 Å². The minimum Gasteiger partial charge on any atom is -0.311 e. The molecule has 1 aliphatic carbocycles. The maximum absolute atomic E-state index is 12.5. The normalized spacial score (nSPS) is 15.0. The molecule has 1 fully saturated rings. The van der Waals surface area contributed by atoms with Crippen molar-refractivity contribution in [2.24, 2.45) is 0 Å². The van der Waals surface area contributed by atoms with Gasteiger partial charge in [0.05, 0.1) is 23.5 Å². The molecule has 26 heavy (non-hydrogen) atoms. The van der Waals surface area contributed by atoms with Crippen LogP contribution in [0.15, 0.2) is 36.7 Å². The summed E-state index contributed by atoms with van der Waals surface area (Å²) in [6.07, 6.45) is 5.92. The van der Waals surface area contributed by atoms with Crippen molar-refractivity contribution in [2.75, 3.05) is 5.32 Å². The number of halogens is 1. The number of aromatic amines is 1. The summed E-state index contributed by atoms with van der Waals surface area (Å²) >= 11 is 6.19. The smallest absolute Gasteiger partial charge is 0.232 e. The average Bonchev–Trinajstić information content (AvgIpc) is 3.17. The van der Waals surface area contributed by atoms with Crippen molar-refractivity contribution in [3.05, 3.63) is 58.5 Å². The Bertz CT molecular complexity index is 957. The highest BCUT2D eigenvalue weighted by molar-refractivity contribution is 6.31. The number of benzene rings is 1. The molecule has 1 aromatic carbocycles. The monoisotopic (exact) mass is 369 g/mol. The van der Waals surface area contributed by atoms with Crippen LogP contribution in [0.5, 0.6) is 0 Å². The summed E-state index contributed by atoms with van der Waals surface area (Å²) < 4.78 is 1.73. The molecule has 3 aromatic rings. The van der Waals surface area contributed by atoms with E-state index < -0.39 is 0 Å². The third kappa shape index (κ3) is 3.37. The first-order valence-electron chi connectivity index (χ1n) is 8.68. The van der Waals surface area contributed by atoms with Crippen LogP contribution in [0, 0.1) is 6.92 Å². The van der Waals surface area contributed by atoms with Gasteiger partial charge in [-0.15, -0.1) is 0 Å². The molecule has 0 saturated heterocycles. The molecule has 4 rings (SSSR count). The van der Waals surface area contributed by atoms with Gasteiger partial charge >= 0.3 is 0 Å². The molecule has 0 bridgehead atoms. The highest BCUT2D eigenvalue weighted by Crippen LogP contribution is 2.39. The van der Waals surface area contributed by atoms with Gasteiger partial charge in [-0.25, -0.2) is 4.68 Å². The topological polar surface area (TPSA) is 75.6 Å². The first-order valence-corrected chi connectivity index (χ1v) is 9.06. The zero-order chi connectivity index (χ0) is 18.3. The van der Waals surface area contributed by atoms with Crippen LogP contribution >= 0.6 is 11.6 Å². The molecular formula is C19H20ClN5O. The summed E-state index contributed by atoms with van der Waals surface area (Å²) in [7, 11) is 0. The zero-order valence-corrected chi connectivity index (χ0v) is 15.4. The third-order valence-corrected chi connectivity index (χ3v) is 5.17. The van der Waals surface area contributed by atoms with E-state index in [2.05, 4.69) is 20.6 Å². The molecule has 1 unspecified atom stereocenters. The number of rotatable bonds is 5. The lowest BCUT2D eigenvalue weighted by Gasteiger charge is -2.09. The van der Waals surface area contributed by atoms with Crippen molar-refractivity contribution in [3.8, 4) is 5.69 Å². The Morgan fingerprint density at radius 3 is 2.92 bits per heavy atom. The van der Waals surface area contributed by atoms with Gasteiger partial charge in [0, 0.05) is 28.8 Å². The van der Waals surface area contributed by atoms with Crippen molar-refractivity contribution < 1.29 is 4.79 Å². The number of aryl methyl sites for hydroxylation is 1. The van der Waals surface area contributed by atoms with Gasteiger partial charge in [0.2, 0.25) is 5.91 Å². The van der Waals surface area contributed by atoms with Crippen molar-refractivity contribution >= 4 is 23.3 Å². The van der Waals surface area contributed by atoms with Crippen LogP contribution in [-0.4, -0.2) is 25.9 Å². The molecule has 1 saturated carbocycles. The van der Waals surface area contributed by atoms with Gasteiger partial charge in [-0.2, -0.15) is 10.2 Å². The number of carbonyl (C=O) groups is 1. The van der Waals surface area contributed by atoms with Crippen molar-refractivity contribution in [1.82, 2.24) is 20.0 Å². The lowest BCUT2D eigenvalue weighted by molar-refractivity contribution is -0.117. The van der Waals surface area contributed by atoms with E-state index in [1.54, 1.807) is 10.9 Å². The summed E-state index contributed by atoms with van der Waals surface area (Å²) in [5, 5.41) is 15.1. The molecule has 0 radical (unpaired) electrons. The number of hydrogen-bond donors (Lipinski definition) is 2. The van der Waals surface area contributed by atoms with E-state index in [4.69, 9.17) is 11.6 Å². The first-order chi connectivity index (χ1) is 12.5. The van der Waals surface area contributed by atoms with Crippen LogP contribution in [-0.2, 0) is 4.79 Å². The number of nitrogens with one attached hydrogen (secondary N) is 2. The Hall–Kier alpha value is -2.60. The largest absolute Gasteiger partial charge is 0.311 e. The Balaban J connectivity index is 1.46. The quantitative estimate of drug-likeness (QED) is 0.708. The number of H-pyrrole nitrogens is 1. The van der Waals surface area contributed by atoms with E-state index in [1.807, 2.05) is 44.3 Å². The van der Waals surface area contributed by atoms with E-state index in [1.165, 1.54) is 12.8 Å². The Labute approximate surface area is 156 Å². The van der Waals surface area contributed by atoms with Crippen LogP contribution in [0.4, 0.5) is 5.82 Å². The van der Waals surface area contributed by atoms with Gasteiger partial charge in [-0.3, -0.25) is 9.89 Å². The van der Waals surface area contributed by atoms with E-state index in [0.717, 1.165) is 22.5 Å². The lowest BCUT2D eigenvalue weighted by Crippen LogP contribution is -2.18. The summed E-state index contributed by atoms with van der Waals surface area (Å²) in [5.74, 6) is 0.755. The maximum atomic E-state index is 12.5. The molecule has 6 nitrogen and oxygen atoms in total. The molecule has 1 amide bonds. The number of nitrogens with zero attached hydrogens (tertiary/aromatic N) is 3. The molecule has 2 aromatic heterocycles. The summed E-state index contributed by atoms with van der Waals surface area (Å²) in [5.41, 5.74) is 3.74. The van der Waals surface area contributed by atoms with Gasteiger partial charge in [0.25, 0.3) is 0 Å². The maximum Gasteiger partial charge on any atom is 0.232 e. The third-order valence-electron chi connectivity index (χ3n) is 4.77. The van der Waals surface area contributed by atoms with E-state index in [9.17, 15) is 4.79 Å². The summed E-state index contributed by atoms with van der Waals surface area (Å²) in [4.78, 5) is 12.5. The van der Waals surface area contributed by atoms with Crippen LogP contribution in [0.3, 0.4) is 0 Å². The van der Waals surface area contributed by atoms with Gasteiger partial charge in [-0.05, 0) is 44.4 Å². The summed E-state index contributed by atoms with van der Waals surface area (Å²) in [6, 6.07) is 7.68. The Morgan fingerprint density at radius 1 is 1.38 bits per heavy atom. The van der Waals surface area contributed by atoms with Gasteiger partial charge < -0.3 is 5.32 Å². The number of aromatic nitrogens is 4. The van der Waals surface area contributed by atoms with Crippen LogP contribution in [0.25, 0.3) is 5.69 Å². The fourth-order valence-corrected chi connectivity index (χ4v) is 2.98. The number of anilines is 1. The molecule has 0 aliphatic heterocycles. The molecule has 1 atom stereocenters. The van der Waals surface area contributed by atoms with E-state index in [0.29, 0.717) is 16.8 Å². The van der Waals surface area contributed by atoms with Crippen LogP contribution < -0.4 is 5.32 Å². The number of hydrogen-bond acceptors (Lipinski definition) is 3. The molecule has 134 valence electrons. The fraction of sp³-hybridized carbons (Fsp3) is 0.316. The molecular weight excluding hydrogens is 350 g/mol. The fourth-order valence-electron chi connectivity index (χ4n) is 2.81. The van der Waals surface area contributed by atoms with Crippen molar-refractivity contribution in [2.45, 2.75) is 38.5 Å². The van der Waals surface area contributed by atoms with Crippen LogP contribution in [0.1, 0.15) is 48.4 Å². The van der Waals surface area contributed by atoms with Crippen LogP contribution in [0.2, 0.25) is 5.02 Å². The molecule has 7 heteroatoms. The minimum absolute atomic E-state index is 0.0996. The average molecular weight is 370 g/mol. The molecule has 0 spiro atoms. The zero-order valence-electron chi connectivity index (χ0n) is 14.7. The van der Waals surface area contributed by atoms with Crippen molar-refractivity contribution in [3.63, 3.8) is 0 Å². The van der Waals surface area contributed by atoms with E-state index in [-0.39, 0.29) is 11.8 Å². The highest BCUT2D eigenvalue weighted by atomic mass is 35.5. The SMILES string of the molecule is Cc1ccc(-n2cc(C(C)C(=O)Nc3cc(C4CC4)n[nH]3)cn2)cc1Cl. The lowest BCUT2D eigenvalue weighted by atomic mass is 10.0. The first kappa shape index (κ1) is 16.8. The second kappa shape index (κ2) is 6.61. The second-order valence-corrected chi connectivity index (χ2v) is 7.25. The Kier molecular flexibility index (Phi) is 4.28. The van der Waals surface area contributed by atoms with Gasteiger partial charge in [0.15, 0.2) is 0 Å². The molecule has 1 aliphatic rings. The minimum atomic E-state index is -0.336. The predicted molar refractivity (Wildman–Crippen MR) is 101 cm³/mol. The molecule has 2 heterocycles. The number of carbonyl (C=O) groups excluding carboxylic acids is 1. The van der Waals surface area contributed by atoms with E-state index >= 15 is 0 Å². The predicted octanol–water partition coefficient (Wildman–Crippen LogP) is 4.18. The highest BCUT2D eigenvalue weighted by Gasteiger charge is 2.26. The molecule has 2 N–H and O–H groups in total. The summed E-state index contributed by atoms with van der Waals surface area (Å²) in [6.45, 7) is 3.81. The standard InChI is InChI=1S/C19H20ClN5O/c1-11-3-6-15(7-16(11)20)25-10-14(9-21-25)12(2)19(26)22-18-8-17(23-24-18)13-4-5-13/h3,6-10,12-13H,4-5H2,1-2H3,(H2,22,23,24,26). The number of amides is 1. The van der Waals surface area contributed by atoms with Gasteiger partial charge in [0.1, 0.15) is 5.82 Å². The second-order valence-electron chi connectivity index (χ2n) is 6.84.